The molecular formula is C22H19ClN2O2. The highest BCUT2D eigenvalue weighted by Crippen LogP contribution is 2.39. The Hall–Kier alpha value is -2.59. The number of fused-ring (bicyclic) bond motifs is 4. The van der Waals surface area contributed by atoms with Crippen molar-refractivity contribution in [3.63, 3.8) is 0 Å². The van der Waals surface area contributed by atoms with E-state index in [1.807, 2.05) is 30.0 Å². The van der Waals surface area contributed by atoms with Gasteiger partial charge < -0.3 is 9.64 Å². The third-order valence-corrected chi connectivity index (χ3v) is 6.04. The van der Waals surface area contributed by atoms with Gasteiger partial charge in [0.2, 0.25) is 0 Å². The first-order chi connectivity index (χ1) is 13.1. The second-order valence-electron chi connectivity index (χ2n) is 7.34. The number of hydrogen-bond acceptors (Lipinski definition) is 3. The molecule has 3 aromatic rings. The van der Waals surface area contributed by atoms with E-state index in [0.717, 1.165) is 35.0 Å². The predicted octanol–water partition coefficient (Wildman–Crippen LogP) is 4.39. The largest absolute Gasteiger partial charge is 0.486 e. The Bertz CT molecular complexity index is 1080. The molecule has 4 nitrogen and oxygen atoms in total. The lowest BCUT2D eigenvalue weighted by Crippen LogP contribution is -2.28. The Morgan fingerprint density at radius 3 is 3.07 bits per heavy atom. The molecule has 0 aliphatic carbocycles. The first-order valence-corrected chi connectivity index (χ1v) is 9.59. The summed E-state index contributed by atoms with van der Waals surface area (Å²) in [7, 11) is 0. The minimum absolute atomic E-state index is 0.0239. The zero-order chi connectivity index (χ0) is 18.5. The molecule has 136 valence electrons. The van der Waals surface area contributed by atoms with Gasteiger partial charge in [-0.3, -0.25) is 9.78 Å². The van der Waals surface area contributed by atoms with Gasteiger partial charge in [0.05, 0.1) is 22.6 Å². The summed E-state index contributed by atoms with van der Waals surface area (Å²) >= 11 is 6.65. The van der Waals surface area contributed by atoms with Gasteiger partial charge in [-0.1, -0.05) is 23.7 Å². The highest BCUT2D eigenvalue weighted by Gasteiger charge is 2.36. The molecule has 1 amide bonds. The van der Waals surface area contributed by atoms with Crippen LogP contribution < -0.4 is 4.74 Å². The van der Waals surface area contributed by atoms with Gasteiger partial charge in [0.25, 0.3) is 5.91 Å². The van der Waals surface area contributed by atoms with E-state index < -0.39 is 0 Å². The number of ether oxygens (including phenoxy) is 1. The molecule has 3 heterocycles. The highest BCUT2D eigenvalue weighted by atomic mass is 35.5. The van der Waals surface area contributed by atoms with E-state index >= 15 is 0 Å². The molecule has 2 aliphatic heterocycles. The second-order valence-corrected chi connectivity index (χ2v) is 7.72. The maximum absolute atomic E-state index is 12.9. The summed E-state index contributed by atoms with van der Waals surface area (Å²) in [6.45, 7) is 3.40. The third kappa shape index (κ3) is 2.76. The minimum atomic E-state index is 0.0239. The Morgan fingerprint density at radius 1 is 1.30 bits per heavy atom. The van der Waals surface area contributed by atoms with Crippen molar-refractivity contribution in [2.24, 2.45) is 0 Å². The molecular weight excluding hydrogens is 360 g/mol. The first-order valence-electron chi connectivity index (χ1n) is 9.22. The van der Waals surface area contributed by atoms with E-state index in [9.17, 15) is 4.79 Å². The fraction of sp³-hybridized carbons (Fsp3) is 0.273. The lowest BCUT2D eigenvalue weighted by Gasteiger charge is -2.20. The number of benzene rings is 2. The smallest absolute Gasteiger partial charge is 0.257 e. The van der Waals surface area contributed by atoms with Gasteiger partial charge in [-0.2, -0.15) is 0 Å². The topological polar surface area (TPSA) is 42.4 Å². The molecule has 2 bridgehead atoms. The molecule has 1 aromatic heterocycles. The van der Waals surface area contributed by atoms with Crippen LogP contribution in [-0.4, -0.2) is 35.0 Å². The average Bonchev–Trinajstić information content (AvgIpc) is 3.10. The predicted molar refractivity (Wildman–Crippen MR) is 106 cm³/mol. The summed E-state index contributed by atoms with van der Waals surface area (Å²) in [5, 5.41) is 1.67. The average molecular weight is 379 g/mol. The molecule has 0 saturated carbocycles. The van der Waals surface area contributed by atoms with E-state index in [1.165, 1.54) is 5.56 Å². The minimum Gasteiger partial charge on any atom is -0.486 e. The highest BCUT2D eigenvalue weighted by molar-refractivity contribution is 6.33. The van der Waals surface area contributed by atoms with Crippen molar-refractivity contribution in [1.29, 1.82) is 0 Å². The summed E-state index contributed by atoms with van der Waals surface area (Å²) in [6.07, 6.45) is 3.42. The molecule has 0 spiro atoms. The second kappa shape index (κ2) is 6.24. The Labute approximate surface area is 162 Å². The monoisotopic (exact) mass is 378 g/mol. The van der Waals surface area contributed by atoms with Crippen molar-refractivity contribution in [3.8, 4) is 5.75 Å². The van der Waals surface area contributed by atoms with Crippen LogP contribution in [0.15, 0.2) is 42.6 Å². The molecule has 0 radical (unpaired) electrons. The van der Waals surface area contributed by atoms with Crippen molar-refractivity contribution in [1.82, 2.24) is 9.88 Å². The zero-order valence-electron chi connectivity index (χ0n) is 15.0. The summed E-state index contributed by atoms with van der Waals surface area (Å²) < 4.78 is 6.09. The van der Waals surface area contributed by atoms with Crippen LogP contribution in [-0.2, 0) is 6.42 Å². The molecule has 0 N–H and O–H groups in total. The first kappa shape index (κ1) is 16.6. The van der Waals surface area contributed by atoms with Gasteiger partial charge in [0.1, 0.15) is 6.10 Å². The van der Waals surface area contributed by atoms with Crippen molar-refractivity contribution < 1.29 is 9.53 Å². The molecule has 0 unspecified atom stereocenters. The fourth-order valence-electron chi connectivity index (χ4n) is 4.04. The van der Waals surface area contributed by atoms with Gasteiger partial charge in [0, 0.05) is 24.5 Å². The Morgan fingerprint density at radius 2 is 2.19 bits per heavy atom. The number of hydrogen-bond donors (Lipinski definition) is 0. The van der Waals surface area contributed by atoms with Crippen molar-refractivity contribution >= 4 is 28.4 Å². The molecule has 5 heteroatoms. The molecule has 2 aliphatic rings. The number of amides is 1. The molecule has 1 fully saturated rings. The quantitative estimate of drug-likeness (QED) is 0.664. The van der Waals surface area contributed by atoms with E-state index in [4.69, 9.17) is 16.3 Å². The number of aromatic nitrogens is 1. The SMILES string of the molecule is Cc1c(Cc2ccc3ncccc3c2)cc2c(c1Cl)O[C@H]1CCN(C1)C2=O. The number of rotatable bonds is 2. The lowest BCUT2D eigenvalue weighted by molar-refractivity contribution is 0.0792. The van der Waals surface area contributed by atoms with Crippen LogP contribution in [0.4, 0.5) is 0 Å². The van der Waals surface area contributed by atoms with Crippen LogP contribution >= 0.6 is 11.6 Å². The molecule has 27 heavy (non-hydrogen) atoms. The van der Waals surface area contributed by atoms with Crippen LogP contribution in [0.25, 0.3) is 10.9 Å². The van der Waals surface area contributed by atoms with E-state index in [1.54, 1.807) is 6.20 Å². The summed E-state index contributed by atoms with van der Waals surface area (Å²) in [5.74, 6) is 0.577. The number of carbonyl (C=O) groups is 1. The maximum atomic E-state index is 12.9. The number of nitrogens with zero attached hydrogens (tertiary/aromatic N) is 2. The Balaban J connectivity index is 1.57. The summed E-state index contributed by atoms with van der Waals surface area (Å²) in [5.41, 5.74) is 4.76. The molecule has 1 atom stereocenters. The zero-order valence-corrected chi connectivity index (χ0v) is 15.8. The number of pyridine rings is 1. The lowest BCUT2D eigenvalue weighted by atomic mass is 9.96. The molecule has 1 saturated heterocycles. The standard InChI is InChI=1S/C22H19ClN2O2/c1-13-16(10-14-4-5-19-15(9-14)3-2-7-24-19)11-18-21(20(13)23)27-17-6-8-25(12-17)22(18)26/h2-5,7,9,11,17H,6,8,10,12H2,1H3/t17-/m0/s1. The van der Waals surface area contributed by atoms with Crippen LogP contribution in [0.5, 0.6) is 5.75 Å². The van der Waals surface area contributed by atoms with Crippen molar-refractivity contribution in [2.45, 2.75) is 25.9 Å². The summed E-state index contributed by atoms with van der Waals surface area (Å²) in [4.78, 5) is 19.2. The van der Waals surface area contributed by atoms with E-state index in [0.29, 0.717) is 29.3 Å². The van der Waals surface area contributed by atoms with Gasteiger partial charge in [-0.15, -0.1) is 0 Å². The van der Waals surface area contributed by atoms with Crippen molar-refractivity contribution in [2.75, 3.05) is 13.1 Å². The van der Waals surface area contributed by atoms with Gasteiger partial charge in [-0.05, 0) is 54.3 Å². The van der Waals surface area contributed by atoms with Crippen LogP contribution in [0, 0.1) is 6.92 Å². The molecule has 5 rings (SSSR count). The van der Waals surface area contributed by atoms with Crippen LogP contribution in [0.3, 0.4) is 0 Å². The van der Waals surface area contributed by atoms with Crippen LogP contribution in [0.2, 0.25) is 5.02 Å². The van der Waals surface area contributed by atoms with Crippen molar-refractivity contribution in [3.05, 3.63) is 69.9 Å². The normalized spacial score (nSPS) is 18.4. The van der Waals surface area contributed by atoms with Gasteiger partial charge in [-0.25, -0.2) is 0 Å². The van der Waals surface area contributed by atoms with Gasteiger partial charge in [0.15, 0.2) is 5.75 Å². The third-order valence-electron chi connectivity index (χ3n) is 5.58. The fourth-order valence-corrected chi connectivity index (χ4v) is 4.30. The van der Waals surface area contributed by atoms with E-state index in [2.05, 4.69) is 23.2 Å². The van der Waals surface area contributed by atoms with E-state index in [-0.39, 0.29) is 12.0 Å². The Kier molecular flexibility index (Phi) is 3.83. The van der Waals surface area contributed by atoms with Crippen LogP contribution in [0.1, 0.15) is 33.5 Å². The summed E-state index contributed by atoms with van der Waals surface area (Å²) in [6, 6.07) is 12.2. The number of carbonyl (C=O) groups excluding carboxylic acids is 1. The molecule has 2 aromatic carbocycles. The maximum Gasteiger partial charge on any atom is 0.257 e. The van der Waals surface area contributed by atoms with Gasteiger partial charge >= 0.3 is 0 Å². The number of halogens is 1.